The maximum absolute atomic E-state index is 12.2. The summed E-state index contributed by atoms with van der Waals surface area (Å²) in [4.78, 5) is 24.2. The van der Waals surface area contributed by atoms with Crippen LogP contribution in [-0.4, -0.2) is 29.6 Å². The average Bonchev–Trinajstić information content (AvgIpc) is 2.54. The third-order valence-corrected chi connectivity index (χ3v) is 4.38. The van der Waals surface area contributed by atoms with E-state index in [1.807, 2.05) is 19.9 Å². The van der Waals surface area contributed by atoms with Gasteiger partial charge in [0.1, 0.15) is 0 Å². The standard InChI is InChI=1S/C17H25ClN2O3/c1-5-12-7-8-14(18)13(6-2)15(12)20-17(23)16(22)19-11(4)10(3)9-21/h7-8,10-11,21H,5-6,9H2,1-4H3,(H,19,22)(H,20,23). The molecule has 1 rings (SSSR count). The Bertz CT molecular complexity index is 575. The number of carbonyl (C=O) groups excluding carboxylic acids is 2. The Kier molecular flexibility index (Phi) is 7.52. The lowest BCUT2D eigenvalue weighted by Crippen LogP contribution is -2.44. The van der Waals surface area contributed by atoms with E-state index in [0.29, 0.717) is 17.1 Å². The molecule has 6 heteroatoms. The van der Waals surface area contributed by atoms with Gasteiger partial charge in [0, 0.05) is 23.4 Å². The molecule has 0 aliphatic heterocycles. The number of aryl methyl sites for hydroxylation is 1. The highest BCUT2D eigenvalue weighted by atomic mass is 35.5. The molecule has 0 spiro atoms. The van der Waals surface area contributed by atoms with Gasteiger partial charge in [0.2, 0.25) is 0 Å². The first kappa shape index (κ1) is 19.5. The number of aliphatic hydroxyl groups is 1. The zero-order valence-electron chi connectivity index (χ0n) is 14.1. The summed E-state index contributed by atoms with van der Waals surface area (Å²) < 4.78 is 0. The molecule has 5 nitrogen and oxygen atoms in total. The first-order chi connectivity index (χ1) is 10.8. The van der Waals surface area contributed by atoms with E-state index in [4.69, 9.17) is 16.7 Å². The Balaban J connectivity index is 2.93. The molecule has 2 amide bonds. The topological polar surface area (TPSA) is 78.4 Å². The summed E-state index contributed by atoms with van der Waals surface area (Å²) in [6.07, 6.45) is 1.38. The molecule has 0 saturated heterocycles. The van der Waals surface area contributed by atoms with E-state index in [1.54, 1.807) is 19.9 Å². The zero-order chi connectivity index (χ0) is 17.6. The molecule has 0 fully saturated rings. The van der Waals surface area contributed by atoms with Gasteiger partial charge in [-0.25, -0.2) is 0 Å². The lowest BCUT2D eigenvalue weighted by Gasteiger charge is -2.20. The van der Waals surface area contributed by atoms with Crippen molar-refractivity contribution in [3.63, 3.8) is 0 Å². The van der Waals surface area contributed by atoms with Crippen molar-refractivity contribution in [3.8, 4) is 0 Å². The fourth-order valence-electron chi connectivity index (χ4n) is 2.21. The summed E-state index contributed by atoms with van der Waals surface area (Å²) >= 11 is 6.19. The summed E-state index contributed by atoms with van der Waals surface area (Å²) in [6, 6.07) is 3.36. The van der Waals surface area contributed by atoms with Gasteiger partial charge in [-0.2, -0.15) is 0 Å². The predicted molar refractivity (Wildman–Crippen MR) is 92.7 cm³/mol. The Morgan fingerprint density at radius 3 is 2.35 bits per heavy atom. The van der Waals surface area contributed by atoms with Crippen LogP contribution in [0.25, 0.3) is 0 Å². The first-order valence-electron chi connectivity index (χ1n) is 7.88. The molecule has 2 unspecified atom stereocenters. The van der Waals surface area contributed by atoms with Crippen molar-refractivity contribution in [1.82, 2.24) is 5.32 Å². The molecule has 0 bridgehead atoms. The fourth-order valence-corrected chi connectivity index (χ4v) is 2.50. The number of nitrogens with one attached hydrogen (secondary N) is 2. The van der Waals surface area contributed by atoms with Crippen LogP contribution >= 0.6 is 11.6 Å². The van der Waals surface area contributed by atoms with Gasteiger partial charge in [-0.1, -0.05) is 38.4 Å². The highest BCUT2D eigenvalue weighted by Gasteiger charge is 2.21. The SMILES string of the molecule is CCc1ccc(Cl)c(CC)c1NC(=O)C(=O)NC(C)C(C)CO. The first-order valence-corrected chi connectivity index (χ1v) is 8.26. The monoisotopic (exact) mass is 340 g/mol. The second-order valence-electron chi connectivity index (χ2n) is 5.64. The third-order valence-electron chi connectivity index (χ3n) is 4.02. The summed E-state index contributed by atoms with van der Waals surface area (Å²) in [5.74, 6) is -1.58. The van der Waals surface area contributed by atoms with Crippen LogP contribution in [0.5, 0.6) is 0 Å². The van der Waals surface area contributed by atoms with Crippen LogP contribution in [-0.2, 0) is 22.4 Å². The van der Waals surface area contributed by atoms with Crippen molar-refractivity contribution in [2.24, 2.45) is 5.92 Å². The normalized spacial score (nSPS) is 13.3. The molecule has 0 saturated carbocycles. The van der Waals surface area contributed by atoms with E-state index < -0.39 is 11.8 Å². The molecule has 0 aliphatic rings. The number of aliphatic hydroxyl groups excluding tert-OH is 1. The van der Waals surface area contributed by atoms with Gasteiger partial charge in [0.15, 0.2) is 0 Å². The quantitative estimate of drug-likeness (QED) is 0.696. The largest absolute Gasteiger partial charge is 0.396 e. The average molecular weight is 341 g/mol. The maximum atomic E-state index is 12.2. The molecule has 1 aromatic rings. The van der Waals surface area contributed by atoms with Gasteiger partial charge in [-0.05, 0) is 42.9 Å². The Labute approximate surface area is 142 Å². The number of carbonyl (C=O) groups is 2. The van der Waals surface area contributed by atoms with Crippen molar-refractivity contribution in [3.05, 3.63) is 28.3 Å². The molecule has 0 aliphatic carbocycles. The van der Waals surface area contributed by atoms with Crippen molar-refractivity contribution in [2.75, 3.05) is 11.9 Å². The van der Waals surface area contributed by atoms with Crippen LogP contribution in [0, 0.1) is 5.92 Å². The molecular formula is C17H25ClN2O3. The number of hydrogen-bond donors (Lipinski definition) is 3. The number of amides is 2. The molecule has 1 aromatic carbocycles. The minimum absolute atomic E-state index is 0.0582. The molecule has 23 heavy (non-hydrogen) atoms. The molecule has 3 N–H and O–H groups in total. The lowest BCUT2D eigenvalue weighted by molar-refractivity contribution is -0.136. The number of hydrogen-bond acceptors (Lipinski definition) is 3. The molecule has 128 valence electrons. The van der Waals surface area contributed by atoms with Gasteiger partial charge in [0.25, 0.3) is 0 Å². The second kappa shape index (κ2) is 8.89. The van der Waals surface area contributed by atoms with Gasteiger partial charge in [-0.15, -0.1) is 0 Å². The molecular weight excluding hydrogens is 316 g/mol. The third kappa shape index (κ3) is 4.94. The lowest BCUT2D eigenvalue weighted by atomic mass is 10.0. The maximum Gasteiger partial charge on any atom is 0.313 e. The Hall–Kier alpha value is -1.59. The van der Waals surface area contributed by atoms with E-state index in [2.05, 4.69) is 10.6 Å². The molecule has 0 radical (unpaired) electrons. The Morgan fingerprint density at radius 1 is 1.17 bits per heavy atom. The smallest absolute Gasteiger partial charge is 0.313 e. The molecule has 0 heterocycles. The van der Waals surface area contributed by atoms with Crippen LogP contribution in [0.1, 0.15) is 38.8 Å². The predicted octanol–water partition coefficient (Wildman–Crippen LogP) is 2.54. The highest BCUT2D eigenvalue weighted by molar-refractivity contribution is 6.40. The summed E-state index contributed by atoms with van der Waals surface area (Å²) in [5.41, 5.74) is 2.37. The van der Waals surface area contributed by atoms with Gasteiger partial charge >= 0.3 is 11.8 Å². The molecule has 0 aromatic heterocycles. The second-order valence-corrected chi connectivity index (χ2v) is 6.05. The van der Waals surface area contributed by atoms with E-state index in [1.165, 1.54) is 0 Å². The number of rotatable bonds is 6. The summed E-state index contributed by atoms with van der Waals surface area (Å²) in [6.45, 7) is 7.41. The number of benzene rings is 1. The fraction of sp³-hybridized carbons (Fsp3) is 0.529. The van der Waals surface area contributed by atoms with E-state index in [0.717, 1.165) is 17.5 Å². The minimum Gasteiger partial charge on any atom is -0.396 e. The van der Waals surface area contributed by atoms with E-state index >= 15 is 0 Å². The Morgan fingerprint density at radius 2 is 1.83 bits per heavy atom. The van der Waals surface area contributed by atoms with Crippen LogP contribution in [0.4, 0.5) is 5.69 Å². The van der Waals surface area contributed by atoms with Crippen LogP contribution in [0.2, 0.25) is 5.02 Å². The van der Waals surface area contributed by atoms with Crippen molar-refractivity contribution in [1.29, 1.82) is 0 Å². The number of halogens is 1. The molecule has 2 atom stereocenters. The number of anilines is 1. The van der Waals surface area contributed by atoms with Crippen molar-refractivity contribution in [2.45, 2.75) is 46.6 Å². The zero-order valence-corrected chi connectivity index (χ0v) is 14.8. The van der Waals surface area contributed by atoms with E-state index in [-0.39, 0.29) is 18.6 Å². The van der Waals surface area contributed by atoms with Crippen LogP contribution < -0.4 is 10.6 Å². The van der Waals surface area contributed by atoms with Crippen LogP contribution in [0.3, 0.4) is 0 Å². The van der Waals surface area contributed by atoms with Crippen LogP contribution in [0.15, 0.2) is 12.1 Å². The van der Waals surface area contributed by atoms with Gasteiger partial charge in [-0.3, -0.25) is 9.59 Å². The van der Waals surface area contributed by atoms with Gasteiger partial charge < -0.3 is 15.7 Å². The minimum atomic E-state index is -0.728. The summed E-state index contributed by atoms with van der Waals surface area (Å²) in [7, 11) is 0. The van der Waals surface area contributed by atoms with E-state index in [9.17, 15) is 9.59 Å². The van der Waals surface area contributed by atoms with Gasteiger partial charge in [0.05, 0.1) is 0 Å². The van der Waals surface area contributed by atoms with Crippen molar-refractivity contribution < 1.29 is 14.7 Å². The summed E-state index contributed by atoms with van der Waals surface area (Å²) in [5, 5.41) is 14.9. The highest BCUT2D eigenvalue weighted by Crippen LogP contribution is 2.29. The van der Waals surface area contributed by atoms with Crippen molar-refractivity contribution >= 4 is 29.1 Å².